The van der Waals surface area contributed by atoms with E-state index in [2.05, 4.69) is 26.1 Å². The molecule has 1 atom stereocenters. The highest BCUT2D eigenvalue weighted by Crippen LogP contribution is 2.12. The predicted molar refractivity (Wildman–Crippen MR) is 65.6 cm³/mol. The lowest BCUT2D eigenvalue weighted by molar-refractivity contribution is 0.0154. The van der Waals surface area contributed by atoms with E-state index in [9.17, 15) is 0 Å². The average Bonchev–Trinajstić information content (AvgIpc) is 2.70. The third-order valence-corrected chi connectivity index (χ3v) is 2.86. The zero-order valence-electron chi connectivity index (χ0n) is 10.7. The summed E-state index contributed by atoms with van der Waals surface area (Å²) in [5, 5.41) is 3.47. The number of rotatable bonds is 7. The summed E-state index contributed by atoms with van der Waals surface area (Å²) in [7, 11) is 1.76. The molecule has 0 bridgehead atoms. The molecule has 0 saturated heterocycles. The molecule has 1 unspecified atom stereocenters. The Labute approximate surface area is 98.2 Å². The molecule has 1 rings (SSSR count). The molecule has 92 valence electrons. The van der Waals surface area contributed by atoms with Crippen molar-refractivity contribution in [3.8, 4) is 0 Å². The van der Waals surface area contributed by atoms with Crippen LogP contribution in [0.4, 0.5) is 0 Å². The van der Waals surface area contributed by atoms with E-state index in [1.807, 2.05) is 12.1 Å². The smallest absolute Gasteiger partial charge is 0.105 e. The lowest BCUT2D eigenvalue weighted by Gasteiger charge is -2.24. The van der Waals surface area contributed by atoms with Gasteiger partial charge in [-0.25, -0.2) is 0 Å². The highest BCUT2D eigenvalue weighted by molar-refractivity contribution is 4.99. The highest BCUT2D eigenvalue weighted by Gasteiger charge is 2.16. The fourth-order valence-corrected chi connectivity index (χ4v) is 1.52. The van der Waals surface area contributed by atoms with Gasteiger partial charge in [-0.3, -0.25) is 0 Å². The third-order valence-electron chi connectivity index (χ3n) is 2.86. The first-order valence-electron chi connectivity index (χ1n) is 5.84. The molecule has 16 heavy (non-hydrogen) atoms. The minimum atomic E-state index is -0.0442. The van der Waals surface area contributed by atoms with Gasteiger partial charge in [-0.05, 0) is 45.9 Å². The largest absolute Gasteiger partial charge is 0.469 e. The van der Waals surface area contributed by atoms with Crippen LogP contribution in [0.1, 0.15) is 33.0 Å². The molecule has 0 aliphatic carbocycles. The van der Waals surface area contributed by atoms with Crippen molar-refractivity contribution in [2.24, 2.45) is 0 Å². The van der Waals surface area contributed by atoms with E-state index >= 15 is 0 Å². The molecule has 1 aromatic rings. The van der Waals surface area contributed by atoms with E-state index in [4.69, 9.17) is 9.15 Å². The van der Waals surface area contributed by atoms with Crippen molar-refractivity contribution in [1.82, 2.24) is 5.32 Å². The first-order chi connectivity index (χ1) is 7.53. The summed E-state index contributed by atoms with van der Waals surface area (Å²) < 4.78 is 10.7. The Morgan fingerprint density at radius 2 is 2.25 bits per heavy atom. The number of methoxy groups -OCH3 is 1. The quantitative estimate of drug-likeness (QED) is 0.774. The molecular formula is C13H23NO2. The summed E-state index contributed by atoms with van der Waals surface area (Å²) in [4.78, 5) is 0. The van der Waals surface area contributed by atoms with Crippen LogP contribution in [0.25, 0.3) is 0 Å². The van der Waals surface area contributed by atoms with Gasteiger partial charge in [0.15, 0.2) is 0 Å². The minimum Gasteiger partial charge on any atom is -0.469 e. The maximum absolute atomic E-state index is 5.37. The van der Waals surface area contributed by atoms with Crippen molar-refractivity contribution >= 4 is 0 Å². The van der Waals surface area contributed by atoms with Crippen molar-refractivity contribution in [3.05, 3.63) is 24.2 Å². The Morgan fingerprint density at radius 3 is 2.81 bits per heavy atom. The molecular weight excluding hydrogens is 202 g/mol. The van der Waals surface area contributed by atoms with E-state index in [0.717, 1.165) is 25.1 Å². The monoisotopic (exact) mass is 225 g/mol. The second kappa shape index (κ2) is 6.06. The van der Waals surface area contributed by atoms with Crippen molar-refractivity contribution < 1.29 is 9.15 Å². The van der Waals surface area contributed by atoms with E-state index in [1.165, 1.54) is 0 Å². The van der Waals surface area contributed by atoms with Gasteiger partial charge in [-0.1, -0.05) is 0 Å². The van der Waals surface area contributed by atoms with Crippen LogP contribution in [0.5, 0.6) is 0 Å². The first kappa shape index (κ1) is 13.3. The van der Waals surface area contributed by atoms with Gasteiger partial charge in [0, 0.05) is 19.6 Å². The normalized spacial score (nSPS) is 14.0. The van der Waals surface area contributed by atoms with Gasteiger partial charge in [0.05, 0.1) is 11.9 Å². The molecule has 1 aromatic heterocycles. The van der Waals surface area contributed by atoms with Crippen LogP contribution in [-0.4, -0.2) is 25.3 Å². The Morgan fingerprint density at radius 1 is 1.50 bits per heavy atom. The Bertz CT molecular complexity index is 280. The van der Waals surface area contributed by atoms with Crippen LogP contribution in [0.15, 0.2) is 22.8 Å². The molecule has 1 heterocycles. The Balaban J connectivity index is 2.18. The third kappa shape index (κ3) is 4.81. The highest BCUT2D eigenvalue weighted by atomic mass is 16.5. The number of furan rings is 1. The molecule has 0 radical (unpaired) electrons. The van der Waals surface area contributed by atoms with Crippen molar-refractivity contribution in [3.63, 3.8) is 0 Å². The van der Waals surface area contributed by atoms with Crippen molar-refractivity contribution in [1.29, 1.82) is 0 Å². The predicted octanol–water partition coefficient (Wildman–Crippen LogP) is 2.62. The van der Waals surface area contributed by atoms with E-state index in [-0.39, 0.29) is 5.60 Å². The minimum absolute atomic E-state index is 0.0442. The molecule has 0 aliphatic rings. The van der Waals surface area contributed by atoms with E-state index < -0.39 is 0 Å². The average molecular weight is 225 g/mol. The molecule has 0 aliphatic heterocycles. The summed E-state index contributed by atoms with van der Waals surface area (Å²) in [5.41, 5.74) is -0.0442. The molecule has 0 saturated carbocycles. The molecule has 0 fully saturated rings. The van der Waals surface area contributed by atoms with Crippen LogP contribution < -0.4 is 5.32 Å². The summed E-state index contributed by atoms with van der Waals surface area (Å²) in [5.74, 6) is 1.03. The number of nitrogens with one attached hydrogen (secondary N) is 1. The van der Waals surface area contributed by atoms with E-state index in [0.29, 0.717) is 6.04 Å². The topological polar surface area (TPSA) is 34.4 Å². The molecule has 3 heteroatoms. The van der Waals surface area contributed by atoms with Crippen molar-refractivity contribution in [2.75, 3.05) is 13.7 Å². The number of ether oxygens (including phenoxy) is 1. The fourth-order valence-electron chi connectivity index (χ4n) is 1.52. The summed E-state index contributed by atoms with van der Waals surface area (Å²) in [6.45, 7) is 7.34. The van der Waals surface area contributed by atoms with Gasteiger partial charge in [-0.15, -0.1) is 0 Å². The molecule has 3 nitrogen and oxygen atoms in total. The molecule has 1 N–H and O–H groups in total. The maximum atomic E-state index is 5.37. The zero-order valence-corrected chi connectivity index (χ0v) is 10.7. The van der Waals surface area contributed by atoms with Gasteiger partial charge in [0.2, 0.25) is 0 Å². The van der Waals surface area contributed by atoms with Crippen LogP contribution in [0.2, 0.25) is 0 Å². The lowest BCUT2D eigenvalue weighted by atomic mass is 10.1. The fraction of sp³-hybridized carbons (Fsp3) is 0.692. The standard InChI is InChI=1S/C13H23NO2/c1-11(10-12-6-5-9-16-12)14-8-7-13(2,3)15-4/h5-6,9,11,14H,7-8,10H2,1-4H3. The van der Waals surface area contributed by atoms with Gasteiger partial charge < -0.3 is 14.5 Å². The van der Waals surface area contributed by atoms with Crippen LogP contribution >= 0.6 is 0 Å². The first-order valence-corrected chi connectivity index (χ1v) is 5.84. The Hall–Kier alpha value is -0.800. The van der Waals surface area contributed by atoms with Gasteiger partial charge in [-0.2, -0.15) is 0 Å². The molecule has 0 amide bonds. The number of hydrogen-bond donors (Lipinski definition) is 1. The lowest BCUT2D eigenvalue weighted by Crippen LogP contribution is -2.34. The Kier molecular flexibility index (Phi) is 5.03. The summed E-state index contributed by atoms with van der Waals surface area (Å²) >= 11 is 0. The summed E-state index contributed by atoms with van der Waals surface area (Å²) in [6.07, 6.45) is 3.66. The van der Waals surface area contributed by atoms with Gasteiger partial charge in [0.25, 0.3) is 0 Å². The van der Waals surface area contributed by atoms with Crippen molar-refractivity contribution in [2.45, 2.75) is 45.3 Å². The summed E-state index contributed by atoms with van der Waals surface area (Å²) in [6, 6.07) is 4.37. The second-order valence-corrected chi connectivity index (χ2v) is 4.85. The second-order valence-electron chi connectivity index (χ2n) is 4.85. The van der Waals surface area contributed by atoms with Crippen LogP contribution in [-0.2, 0) is 11.2 Å². The van der Waals surface area contributed by atoms with Gasteiger partial charge in [0.1, 0.15) is 5.76 Å². The van der Waals surface area contributed by atoms with Crippen LogP contribution in [0, 0.1) is 0 Å². The van der Waals surface area contributed by atoms with Gasteiger partial charge >= 0.3 is 0 Å². The zero-order chi connectivity index (χ0) is 12.0. The molecule has 0 spiro atoms. The van der Waals surface area contributed by atoms with Crippen LogP contribution in [0.3, 0.4) is 0 Å². The SMILES string of the molecule is COC(C)(C)CCNC(C)Cc1ccco1. The molecule has 0 aromatic carbocycles. The maximum Gasteiger partial charge on any atom is 0.105 e. The number of hydrogen-bond acceptors (Lipinski definition) is 3. The van der Waals surface area contributed by atoms with E-state index in [1.54, 1.807) is 13.4 Å².